The van der Waals surface area contributed by atoms with Gasteiger partial charge < -0.3 is 19.8 Å². The summed E-state index contributed by atoms with van der Waals surface area (Å²) in [4.78, 5) is 29.1. The van der Waals surface area contributed by atoms with Gasteiger partial charge in [0.25, 0.3) is 5.91 Å². The molecular formula is C18H21N3O4. The molecule has 0 saturated carbocycles. The van der Waals surface area contributed by atoms with Crippen LogP contribution >= 0.6 is 0 Å². The van der Waals surface area contributed by atoms with Gasteiger partial charge in [-0.15, -0.1) is 0 Å². The third-order valence-electron chi connectivity index (χ3n) is 3.80. The van der Waals surface area contributed by atoms with Crippen molar-refractivity contribution in [2.45, 2.75) is 26.9 Å². The maximum atomic E-state index is 12.9. The first-order valence-corrected chi connectivity index (χ1v) is 8.10. The summed E-state index contributed by atoms with van der Waals surface area (Å²) in [6.07, 6.45) is -0.968. The van der Waals surface area contributed by atoms with E-state index in [9.17, 15) is 14.9 Å². The van der Waals surface area contributed by atoms with Gasteiger partial charge in [-0.2, -0.15) is 0 Å². The van der Waals surface area contributed by atoms with Crippen LogP contribution in [0.5, 0.6) is 5.75 Å². The van der Waals surface area contributed by atoms with Crippen molar-refractivity contribution < 1.29 is 14.5 Å². The summed E-state index contributed by atoms with van der Waals surface area (Å²) < 4.78 is 5.80. The highest BCUT2D eigenvalue weighted by Crippen LogP contribution is 2.30. The summed E-state index contributed by atoms with van der Waals surface area (Å²) in [5.41, 5.74) is 1.14. The van der Waals surface area contributed by atoms with E-state index < -0.39 is 16.8 Å². The minimum Gasteiger partial charge on any atom is -0.467 e. The molecule has 1 amide bonds. The Bertz CT molecular complexity index is 745. The second kappa shape index (κ2) is 8.23. The maximum Gasteiger partial charge on any atom is 0.406 e. The number of amides is 1. The van der Waals surface area contributed by atoms with Gasteiger partial charge in [0.05, 0.1) is 0 Å². The molecule has 1 aromatic carbocycles. The van der Waals surface area contributed by atoms with Gasteiger partial charge in [-0.3, -0.25) is 4.79 Å². The average molecular weight is 343 g/mol. The van der Waals surface area contributed by atoms with E-state index in [-0.39, 0.29) is 11.7 Å². The minimum atomic E-state index is -0.968. The fraction of sp³-hybridized carbons (Fsp3) is 0.333. The summed E-state index contributed by atoms with van der Waals surface area (Å²) in [6, 6.07) is 12.0. The number of ether oxygens (including phenoxy) is 1. The zero-order chi connectivity index (χ0) is 18.4. The first-order valence-electron chi connectivity index (χ1n) is 8.10. The molecule has 0 aliphatic rings. The Labute approximate surface area is 146 Å². The number of nitro groups is 1. The first-order chi connectivity index (χ1) is 12.0. The Morgan fingerprint density at radius 3 is 2.40 bits per heavy atom. The van der Waals surface area contributed by atoms with Crippen LogP contribution in [0.3, 0.4) is 0 Å². The lowest BCUT2D eigenvalue weighted by atomic mass is 10.1. The highest BCUT2D eigenvalue weighted by molar-refractivity contribution is 5.82. The quantitative estimate of drug-likeness (QED) is 0.569. The van der Waals surface area contributed by atoms with E-state index >= 15 is 0 Å². The van der Waals surface area contributed by atoms with Crippen molar-refractivity contribution in [2.24, 2.45) is 0 Å². The van der Waals surface area contributed by atoms with Crippen LogP contribution in [0.1, 0.15) is 31.2 Å². The van der Waals surface area contributed by atoms with E-state index in [1.165, 1.54) is 6.07 Å². The maximum absolute atomic E-state index is 12.9. The van der Waals surface area contributed by atoms with Crippen LogP contribution in [-0.4, -0.2) is 33.8 Å². The number of benzene rings is 1. The number of carbonyl (C=O) groups is 1. The van der Waals surface area contributed by atoms with Crippen molar-refractivity contribution in [1.29, 1.82) is 0 Å². The second-order valence-corrected chi connectivity index (χ2v) is 5.45. The van der Waals surface area contributed by atoms with Crippen LogP contribution in [0.15, 0.2) is 42.5 Å². The van der Waals surface area contributed by atoms with Gasteiger partial charge in [-0.25, -0.2) is 0 Å². The highest BCUT2D eigenvalue weighted by atomic mass is 16.6. The normalized spacial score (nSPS) is 11.6. The number of nitrogens with zero attached hydrogens (tertiary/aromatic N) is 3. The molecule has 7 heteroatoms. The van der Waals surface area contributed by atoms with Gasteiger partial charge in [0.1, 0.15) is 5.69 Å². The molecule has 1 atom stereocenters. The number of aryl methyl sites for hydroxylation is 1. The average Bonchev–Trinajstić information content (AvgIpc) is 2.62. The lowest BCUT2D eigenvalue weighted by Gasteiger charge is -2.25. The standard InChI is InChI=1S/C18H21N3O4/c1-4-20(5-2)18(22)16(14-9-7-6-8-10-14)25-15-12-11-13(3)19-17(15)21(23)24/h6-12,16H,4-5H2,1-3H3. The number of hydrogen-bond donors (Lipinski definition) is 0. The highest BCUT2D eigenvalue weighted by Gasteiger charge is 2.29. The molecule has 1 aromatic heterocycles. The van der Waals surface area contributed by atoms with Gasteiger partial charge in [-0.1, -0.05) is 30.3 Å². The van der Waals surface area contributed by atoms with E-state index in [4.69, 9.17) is 4.74 Å². The Balaban J connectivity index is 2.44. The molecule has 0 spiro atoms. The number of pyridine rings is 1. The predicted octanol–water partition coefficient (Wildman–Crippen LogP) is 3.29. The Morgan fingerprint density at radius 1 is 1.20 bits per heavy atom. The van der Waals surface area contributed by atoms with Crippen molar-refractivity contribution in [3.63, 3.8) is 0 Å². The fourth-order valence-electron chi connectivity index (χ4n) is 2.47. The number of likely N-dealkylation sites (N-methyl/N-ethyl adjacent to an activating group) is 1. The van der Waals surface area contributed by atoms with Crippen molar-refractivity contribution in [2.75, 3.05) is 13.1 Å². The lowest BCUT2D eigenvalue weighted by Crippen LogP contribution is -2.37. The minimum absolute atomic E-state index is 0.0232. The Hall–Kier alpha value is -2.96. The monoisotopic (exact) mass is 343 g/mol. The number of hydrogen-bond acceptors (Lipinski definition) is 5. The SMILES string of the molecule is CCN(CC)C(=O)C(Oc1ccc(C)nc1[N+](=O)[O-])c1ccccc1. The van der Waals surface area contributed by atoms with Crippen molar-refractivity contribution in [3.05, 3.63) is 63.8 Å². The topological polar surface area (TPSA) is 85.6 Å². The van der Waals surface area contributed by atoms with Crippen LogP contribution < -0.4 is 4.74 Å². The van der Waals surface area contributed by atoms with Gasteiger partial charge in [0.15, 0.2) is 0 Å². The van der Waals surface area contributed by atoms with Crippen molar-refractivity contribution in [1.82, 2.24) is 9.88 Å². The number of aromatic nitrogens is 1. The van der Waals surface area contributed by atoms with Crippen LogP contribution in [0.2, 0.25) is 0 Å². The van der Waals surface area contributed by atoms with E-state index in [0.29, 0.717) is 24.3 Å². The molecule has 0 saturated heterocycles. The smallest absolute Gasteiger partial charge is 0.406 e. The van der Waals surface area contributed by atoms with E-state index in [0.717, 1.165) is 0 Å². The lowest BCUT2D eigenvalue weighted by molar-refractivity contribution is -0.390. The Morgan fingerprint density at radius 2 is 1.84 bits per heavy atom. The van der Waals surface area contributed by atoms with Gasteiger partial charge >= 0.3 is 5.82 Å². The summed E-state index contributed by atoms with van der Waals surface area (Å²) in [6.45, 7) is 6.46. The molecule has 0 fully saturated rings. The zero-order valence-electron chi connectivity index (χ0n) is 14.5. The molecule has 1 unspecified atom stereocenters. The predicted molar refractivity (Wildman–Crippen MR) is 93.4 cm³/mol. The number of rotatable bonds is 7. The summed E-state index contributed by atoms with van der Waals surface area (Å²) in [7, 11) is 0. The molecule has 1 heterocycles. The largest absolute Gasteiger partial charge is 0.467 e. The summed E-state index contributed by atoms with van der Waals surface area (Å²) in [5.74, 6) is -0.663. The van der Waals surface area contributed by atoms with Crippen LogP contribution in [0.25, 0.3) is 0 Å². The molecule has 132 valence electrons. The Kier molecular flexibility index (Phi) is 6.05. The first kappa shape index (κ1) is 18.4. The molecular weight excluding hydrogens is 322 g/mol. The summed E-state index contributed by atoms with van der Waals surface area (Å²) in [5, 5.41) is 11.3. The third-order valence-corrected chi connectivity index (χ3v) is 3.80. The molecule has 0 aliphatic carbocycles. The fourth-order valence-corrected chi connectivity index (χ4v) is 2.47. The van der Waals surface area contributed by atoms with Crippen LogP contribution in [0, 0.1) is 17.0 Å². The van der Waals surface area contributed by atoms with E-state index in [2.05, 4.69) is 4.98 Å². The van der Waals surface area contributed by atoms with E-state index in [1.54, 1.807) is 42.2 Å². The molecule has 0 bridgehead atoms. The van der Waals surface area contributed by atoms with Gasteiger partial charge in [0, 0.05) is 25.6 Å². The molecule has 2 rings (SSSR count). The molecule has 7 nitrogen and oxygen atoms in total. The van der Waals surface area contributed by atoms with Crippen LogP contribution in [-0.2, 0) is 4.79 Å². The van der Waals surface area contributed by atoms with Gasteiger partial charge in [-0.05, 0) is 35.9 Å². The summed E-state index contributed by atoms with van der Waals surface area (Å²) >= 11 is 0. The molecule has 0 N–H and O–H groups in total. The molecule has 25 heavy (non-hydrogen) atoms. The van der Waals surface area contributed by atoms with Crippen LogP contribution in [0.4, 0.5) is 5.82 Å². The third kappa shape index (κ3) is 4.32. The molecule has 2 aromatic rings. The van der Waals surface area contributed by atoms with E-state index in [1.807, 2.05) is 19.9 Å². The molecule has 0 radical (unpaired) electrons. The zero-order valence-corrected chi connectivity index (χ0v) is 14.5. The number of carbonyl (C=O) groups excluding carboxylic acids is 1. The van der Waals surface area contributed by atoms with Crippen molar-refractivity contribution in [3.8, 4) is 5.75 Å². The second-order valence-electron chi connectivity index (χ2n) is 5.45. The van der Waals surface area contributed by atoms with Crippen molar-refractivity contribution >= 4 is 11.7 Å². The van der Waals surface area contributed by atoms with Gasteiger partial charge in [0.2, 0.25) is 11.9 Å². The molecule has 0 aliphatic heterocycles.